The summed E-state index contributed by atoms with van der Waals surface area (Å²) < 4.78 is 0. The van der Waals surface area contributed by atoms with E-state index in [0.717, 1.165) is 16.8 Å². The number of nitriles is 1. The van der Waals surface area contributed by atoms with Crippen molar-refractivity contribution in [2.24, 2.45) is 0 Å². The molecule has 0 unspecified atom stereocenters. The minimum atomic E-state index is 0.303. The summed E-state index contributed by atoms with van der Waals surface area (Å²) in [5.74, 6) is 0.303. The van der Waals surface area contributed by atoms with Gasteiger partial charge in [0.25, 0.3) is 0 Å². The Morgan fingerprint density at radius 2 is 1.94 bits per heavy atom. The Morgan fingerprint density at radius 3 is 2.56 bits per heavy atom. The van der Waals surface area contributed by atoms with Crippen LogP contribution in [0.3, 0.4) is 0 Å². The van der Waals surface area contributed by atoms with Gasteiger partial charge >= 0.3 is 0 Å². The molecule has 0 amide bonds. The predicted octanol–water partition coefficient (Wildman–Crippen LogP) is 1.74. The van der Waals surface area contributed by atoms with Gasteiger partial charge in [-0.3, -0.25) is 10.3 Å². The second-order valence-corrected chi connectivity index (χ2v) is 3.22. The van der Waals surface area contributed by atoms with Crippen molar-refractivity contribution in [2.45, 2.75) is 6.92 Å². The minimum Gasteiger partial charge on any atom is -0.262 e. The standard InChI is InChI=1S/C11H9N5/c1-8-4-9(2-3-13-8)10-5-14-11(15-6-10)16-7-12/h2-6H,1H3,(H,14,15,16). The maximum absolute atomic E-state index is 8.39. The molecule has 0 aromatic carbocycles. The molecule has 2 aromatic heterocycles. The Balaban J connectivity index is 2.32. The molecular formula is C11H9N5. The summed E-state index contributed by atoms with van der Waals surface area (Å²) in [6.45, 7) is 1.93. The molecule has 2 rings (SSSR count). The topological polar surface area (TPSA) is 74.5 Å². The molecule has 0 aliphatic rings. The minimum absolute atomic E-state index is 0.303. The lowest BCUT2D eigenvalue weighted by Crippen LogP contribution is -1.95. The first-order valence-corrected chi connectivity index (χ1v) is 4.70. The molecule has 0 aliphatic heterocycles. The number of hydrogen-bond acceptors (Lipinski definition) is 5. The number of anilines is 1. The normalized spacial score (nSPS) is 9.50. The van der Waals surface area contributed by atoms with Gasteiger partial charge in [-0.2, -0.15) is 5.26 Å². The average Bonchev–Trinajstić information content (AvgIpc) is 2.30. The van der Waals surface area contributed by atoms with E-state index in [2.05, 4.69) is 20.3 Å². The van der Waals surface area contributed by atoms with Crippen LogP contribution in [0.5, 0.6) is 0 Å². The van der Waals surface area contributed by atoms with Gasteiger partial charge in [0.1, 0.15) is 0 Å². The molecule has 5 nitrogen and oxygen atoms in total. The van der Waals surface area contributed by atoms with Gasteiger partial charge in [-0.1, -0.05) is 0 Å². The molecule has 1 N–H and O–H groups in total. The van der Waals surface area contributed by atoms with Crippen molar-refractivity contribution in [3.05, 3.63) is 36.4 Å². The Labute approximate surface area is 92.8 Å². The van der Waals surface area contributed by atoms with Crippen molar-refractivity contribution in [1.82, 2.24) is 15.0 Å². The highest BCUT2D eigenvalue weighted by molar-refractivity contribution is 5.61. The van der Waals surface area contributed by atoms with Crippen LogP contribution >= 0.6 is 0 Å². The highest BCUT2D eigenvalue weighted by Crippen LogP contribution is 2.17. The third kappa shape index (κ3) is 2.12. The monoisotopic (exact) mass is 211 g/mol. The molecule has 0 spiro atoms. The zero-order valence-corrected chi connectivity index (χ0v) is 8.68. The molecule has 0 bridgehead atoms. The van der Waals surface area contributed by atoms with E-state index in [9.17, 15) is 0 Å². The Bertz CT molecular complexity index is 527. The molecule has 5 heteroatoms. The summed E-state index contributed by atoms with van der Waals surface area (Å²) in [7, 11) is 0. The van der Waals surface area contributed by atoms with E-state index >= 15 is 0 Å². The SMILES string of the molecule is Cc1cc(-c2cnc(NC#N)nc2)ccn1. The fourth-order valence-corrected chi connectivity index (χ4v) is 1.32. The van der Waals surface area contributed by atoms with E-state index in [1.165, 1.54) is 0 Å². The summed E-state index contributed by atoms with van der Waals surface area (Å²) >= 11 is 0. The third-order valence-electron chi connectivity index (χ3n) is 2.05. The van der Waals surface area contributed by atoms with E-state index in [4.69, 9.17) is 5.26 Å². The van der Waals surface area contributed by atoms with Crippen LogP contribution in [-0.4, -0.2) is 15.0 Å². The number of rotatable bonds is 2. The van der Waals surface area contributed by atoms with Crippen LogP contribution in [0.4, 0.5) is 5.95 Å². The van der Waals surface area contributed by atoms with Gasteiger partial charge in [0.05, 0.1) is 0 Å². The second kappa shape index (κ2) is 4.36. The molecule has 78 valence electrons. The zero-order valence-electron chi connectivity index (χ0n) is 8.68. The van der Waals surface area contributed by atoms with Gasteiger partial charge in [0, 0.05) is 29.8 Å². The molecule has 0 atom stereocenters. The fraction of sp³-hybridized carbons (Fsp3) is 0.0909. The summed E-state index contributed by atoms with van der Waals surface area (Å²) in [6.07, 6.45) is 6.85. The van der Waals surface area contributed by atoms with E-state index in [0.29, 0.717) is 5.95 Å². The molecule has 0 saturated heterocycles. The number of aryl methyl sites for hydroxylation is 1. The first-order chi connectivity index (χ1) is 7.79. The molecule has 2 aromatic rings. The van der Waals surface area contributed by atoms with Crippen LogP contribution in [0.15, 0.2) is 30.7 Å². The van der Waals surface area contributed by atoms with Crippen molar-refractivity contribution in [3.8, 4) is 17.3 Å². The Hall–Kier alpha value is -2.48. The molecular weight excluding hydrogens is 202 g/mol. The van der Waals surface area contributed by atoms with Gasteiger partial charge in [-0.25, -0.2) is 9.97 Å². The zero-order chi connectivity index (χ0) is 11.4. The largest absolute Gasteiger partial charge is 0.262 e. The van der Waals surface area contributed by atoms with Crippen molar-refractivity contribution < 1.29 is 0 Å². The van der Waals surface area contributed by atoms with Crippen LogP contribution in [0, 0.1) is 18.4 Å². The number of pyridine rings is 1. The van der Waals surface area contributed by atoms with Crippen molar-refractivity contribution in [2.75, 3.05) is 5.32 Å². The van der Waals surface area contributed by atoms with Crippen LogP contribution in [0.2, 0.25) is 0 Å². The highest BCUT2D eigenvalue weighted by Gasteiger charge is 2.00. The summed E-state index contributed by atoms with van der Waals surface area (Å²) in [5.41, 5.74) is 2.85. The molecule has 0 fully saturated rings. The molecule has 0 radical (unpaired) electrons. The maximum atomic E-state index is 8.39. The van der Waals surface area contributed by atoms with Gasteiger partial charge in [0.2, 0.25) is 5.95 Å². The van der Waals surface area contributed by atoms with Crippen LogP contribution < -0.4 is 5.32 Å². The number of aromatic nitrogens is 3. The van der Waals surface area contributed by atoms with Crippen molar-refractivity contribution >= 4 is 5.95 Å². The number of hydrogen-bond donors (Lipinski definition) is 1. The summed E-state index contributed by atoms with van der Waals surface area (Å²) in [5, 5.41) is 10.8. The van der Waals surface area contributed by atoms with Gasteiger partial charge < -0.3 is 0 Å². The van der Waals surface area contributed by atoms with Crippen LogP contribution in [-0.2, 0) is 0 Å². The molecule has 16 heavy (non-hydrogen) atoms. The Morgan fingerprint density at radius 1 is 1.19 bits per heavy atom. The van der Waals surface area contributed by atoms with Crippen molar-refractivity contribution in [3.63, 3.8) is 0 Å². The van der Waals surface area contributed by atoms with Gasteiger partial charge in [-0.15, -0.1) is 0 Å². The third-order valence-corrected chi connectivity index (χ3v) is 2.05. The quantitative estimate of drug-likeness (QED) is 0.605. The first-order valence-electron chi connectivity index (χ1n) is 4.70. The summed E-state index contributed by atoms with van der Waals surface area (Å²) in [6, 6.07) is 3.85. The lowest BCUT2D eigenvalue weighted by Gasteiger charge is -2.02. The summed E-state index contributed by atoms with van der Waals surface area (Å²) in [4.78, 5) is 12.1. The maximum Gasteiger partial charge on any atom is 0.236 e. The average molecular weight is 211 g/mol. The number of nitrogens with one attached hydrogen (secondary N) is 1. The van der Waals surface area contributed by atoms with Crippen LogP contribution in [0.25, 0.3) is 11.1 Å². The highest BCUT2D eigenvalue weighted by atomic mass is 15.1. The second-order valence-electron chi connectivity index (χ2n) is 3.22. The van der Waals surface area contributed by atoms with E-state index < -0.39 is 0 Å². The molecule has 0 aliphatic carbocycles. The first kappa shape index (κ1) is 10.1. The Kier molecular flexibility index (Phi) is 2.74. The predicted molar refractivity (Wildman–Crippen MR) is 59.2 cm³/mol. The molecule has 2 heterocycles. The van der Waals surface area contributed by atoms with E-state index in [1.54, 1.807) is 24.8 Å². The lowest BCUT2D eigenvalue weighted by molar-refractivity contribution is 1.16. The van der Waals surface area contributed by atoms with Gasteiger partial charge in [-0.05, 0) is 24.6 Å². The molecule has 0 saturated carbocycles. The van der Waals surface area contributed by atoms with E-state index in [-0.39, 0.29) is 0 Å². The smallest absolute Gasteiger partial charge is 0.236 e. The van der Waals surface area contributed by atoms with E-state index in [1.807, 2.05) is 19.1 Å². The fourth-order valence-electron chi connectivity index (χ4n) is 1.32. The lowest BCUT2D eigenvalue weighted by atomic mass is 10.1. The number of nitrogens with zero attached hydrogens (tertiary/aromatic N) is 4. The van der Waals surface area contributed by atoms with Gasteiger partial charge in [0.15, 0.2) is 6.19 Å². The van der Waals surface area contributed by atoms with Crippen molar-refractivity contribution in [1.29, 1.82) is 5.26 Å². The van der Waals surface area contributed by atoms with Crippen LogP contribution in [0.1, 0.15) is 5.69 Å².